The smallest absolute Gasteiger partial charge is 0.125 e. The maximum atomic E-state index is 9.54. The van der Waals surface area contributed by atoms with E-state index in [1.165, 1.54) is 0 Å². The molecule has 1 aromatic rings. The molecule has 102 valence electrons. The van der Waals surface area contributed by atoms with E-state index in [-0.39, 0.29) is 0 Å². The molecule has 0 saturated heterocycles. The molecular weight excluding hydrogens is 256 g/mol. The second-order valence-corrected chi connectivity index (χ2v) is 6.34. The molecule has 1 saturated carbocycles. The lowest BCUT2D eigenvalue weighted by molar-refractivity contribution is 0.239. The van der Waals surface area contributed by atoms with E-state index >= 15 is 0 Å². The van der Waals surface area contributed by atoms with Crippen LogP contribution < -0.4 is 5.32 Å². The molecule has 0 aromatic heterocycles. The topological polar surface area (TPSA) is 35.8 Å². The van der Waals surface area contributed by atoms with Gasteiger partial charge >= 0.3 is 0 Å². The summed E-state index contributed by atoms with van der Waals surface area (Å²) in [5.74, 6) is 1.47. The number of nitrogens with one attached hydrogen (secondary N) is 1. The van der Waals surface area contributed by atoms with E-state index < -0.39 is 5.54 Å². The number of nitriles is 1. The van der Waals surface area contributed by atoms with Crippen molar-refractivity contribution in [3.8, 4) is 6.07 Å². The molecule has 3 heteroatoms. The van der Waals surface area contributed by atoms with Gasteiger partial charge in [-0.05, 0) is 61.8 Å². The third-order valence-electron chi connectivity index (χ3n) is 4.27. The molecule has 2 rings (SSSR count). The summed E-state index contributed by atoms with van der Waals surface area (Å²) in [5.41, 5.74) is 0.577. The van der Waals surface area contributed by atoms with E-state index in [0.717, 1.165) is 42.3 Å². The molecule has 0 unspecified atom stereocenters. The summed E-state index contributed by atoms with van der Waals surface area (Å²) in [6.07, 6.45) is 4.11. The van der Waals surface area contributed by atoms with Crippen LogP contribution in [-0.2, 0) is 0 Å². The van der Waals surface area contributed by atoms with Crippen molar-refractivity contribution in [3.63, 3.8) is 0 Å². The SMILES string of the molecule is CC(C)C1CCC(C#N)(Nc2ccc(Cl)cc2)CC1. The van der Waals surface area contributed by atoms with Crippen molar-refractivity contribution in [1.82, 2.24) is 0 Å². The van der Waals surface area contributed by atoms with Crippen molar-refractivity contribution in [1.29, 1.82) is 5.26 Å². The Morgan fingerprint density at radius 2 is 1.84 bits per heavy atom. The van der Waals surface area contributed by atoms with Crippen molar-refractivity contribution in [2.45, 2.75) is 45.1 Å². The quantitative estimate of drug-likeness (QED) is 0.856. The van der Waals surface area contributed by atoms with Crippen LogP contribution in [0.5, 0.6) is 0 Å². The van der Waals surface area contributed by atoms with Crippen molar-refractivity contribution in [2.75, 3.05) is 5.32 Å². The number of anilines is 1. The highest BCUT2D eigenvalue weighted by Gasteiger charge is 2.36. The van der Waals surface area contributed by atoms with Gasteiger partial charge in [0.25, 0.3) is 0 Å². The zero-order valence-corrected chi connectivity index (χ0v) is 12.4. The van der Waals surface area contributed by atoms with E-state index in [1.54, 1.807) is 0 Å². The van der Waals surface area contributed by atoms with Crippen LogP contribution in [0.2, 0.25) is 5.02 Å². The van der Waals surface area contributed by atoms with Crippen molar-refractivity contribution < 1.29 is 0 Å². The Morgan fingerprint density at radius 3 is 2.32 bits per heavy atom. The number of hydrogen-bond acceptors (Lipinski definition) is 2. The van der Waals surface area contributed by atoms with E-state index in [2.05, 4.69) is 25.2 Å². The summed E-state index contributed by atoms with van der Waals surface area (Å²) in [5, 5.41) is 13.7. The first-order valence-corrected chi connectivity index (χ1v) is 7.37. The summed E-state index contributed by atoms with van der Waals surface area (Å²) >= 11 is 5.88. The maximum absolute atomic E-state index is 9.54. The van der Waals surface area contributed by atoms with E-state index in [4.69, 9.17) is 11.6 Å². The lowest BCUT2D eigenvalue weighted by atomic mass is 9.73. The van der Waals surface area contributed by atoms with Crippen LogP contribution in [0.15, 0.2) is 24.3 Å². The lowest BCUT2D eigenvalue weighted by Gasteiger charge is -2.37. The molecule has 0 aliphatic heterocycles. The minimum Gasteiger partial charge on any atom is -0.367 e. The summed E-state index contributed by atoms with van der Waals surface area (Å²) < 4.78 is 0. The highest BCUT2D eigenvalue weighted by Crippen LogP contribution is 2.37. The molecule has 1 N–H and O–H groups in total. The lowest BCUT2D eigenvalue weighted by Crippen LogP contribution is -2.41. The molecule has 0 atom stereocenters. The first kappa shape index (κ1) is 14.2. The fraction of sp³-hybridized carbons (Fsp3) is 0.562. The molecule has 1 fully saturated rings. The molecule has 0 radical (unpaired) electrons. The Kier molecular flexibility index (Phi) is 4.37. The highest BCUT2D eigenvalue weighted by atomic mass is 35.5. The molecule has 2 nitrogen and oxygen atoms in total. The average molecular weight is 277 g/mol. The van der Waals surface area contributed by atoms with Gasteiger partial charge in [-0.1, -0.05) is 25.4 Å². The minimum atomic E-state index is -0.404. The van der Waals surface area contributed by atoms with E-state index in [0.29, 0.717) is 5.92 Å². The summed E-state index contributed by atoms with van der Waals surface area (Å²) in [6, 6.07) is 10.1. The molecule has 1 aliphatic carbocycles. The highest BCUT2D eigenvalue weighted by molar-refractivity contribution is 6.30. The van der Waals surface area contributed by atoms with Gasteiger partial charge in [0, 0.05) is 10.7 Å². The second kappa shape index (κ2) is 5.84. The Labute approximate surface area is 120 Å². The van der Waals surface area contributed by atoms with Gasteiger partial charge in [-0.15, -0.1) is 0 Å². The average Bonchev–Trinajstić information content (AvgIpc) is 2.42. The number of benzene rings is 1. The zero-order chi connectivity index (χ0) is 13.9. The number of halogens is 1. The number of hydrogen-bond donors (Lipinski definition) is 1. The zero-order valence-electron chi connectivity index (χ0n) is 11.6. The molecular formula is C16H21ClN2. The molecule has 1 aromatic carbocycles. The molecule has 0 heterocycles. The van der Waals surface area contributed by atoms with Gasteiger partial charge in [0.05, 0.1) is 6.07 Å². The van der Waals surface area contributed by atoms with Gasteiger partial charge in [0.1, 0.15) is 5.54 Å². The van der Waals surface area contributed by atoms with Crippen LogP contribution in [0.25, 0.3) is 0 Å². The molecule has 0 spiro atoms. The predicted octanol–water partition coefficient (Wildman–Crippen LogP) is 4.86. The third-order valence-corrected chi connectivity index (χ3v) is 4.52. The molecule has 19 heavy (non-hydrogen) atoms. The van der Waals surface area contributed by atoms with Gasteiger partial charge in [-0.25, -0.2) is 0 Å². The first-order valence-electron chi connectivity index (χ1n) is 7.00. The van der Waals surface area contributed by atoms with Crippen molar-refractivity contribution in [2.24, 2.45) is 11.8 Å². The van der Waals surface area contributed by atoms with Crippen LogP contribution in [0.1, 0.15) is 39.5 Å². The van der Waals surface area contributed by atoms with Crippen molar-refractivity contribution in [3.05, 3.63) is 29.3 Å². The fourth-order valence-corrected chi connectivity index (χ4v) is 3.00. The Morgan fingerprint density at radius 1 is 1.26 bits per heavy atom. The van der Waals surface area contributed by atoms with Crippen LogP contribution in [0.4, 0.5) is 5.69 Å². The monoisotopic (exact) mass is 276 g/mol. The molecule has 1 aliphatic rings. The van der Waals surface area contributed by atoms with Crippen molar-refractivity contribution >= 4 is 17.3 Å². The third kappa shape index (κ3) is 3.42. The van der Waals surface area contributed by atoms with Gasteiger partial charge < -0.3 is 5.32 Å². The summed E-state index contributed by atoms with van der Waals surface area (Å²) in [7, 11) is 0. The standard InChI is InChI=1S/C16H21ClN2/c1-12(2)13-7-9-16(11-18,10-8-13)19-15-5-3-14(17)4-6-15/h3-6,12-13,19H,7-10H2,1-2H3. The largest absolute Gasteiger partial charge is 0.367 e. The maximum Gasteiger partial charge on any atom is 0.125 e. The molecule has 0 bridgehead atoms. The first-order chi connectivity index (χ1) is 9.04. The van der Waals surface area contributed by atoms with Gasteiger partial charge in [0.2, 0.25) is 0 Å². The van der Waals surface area contributed by atoms with Gasteiger partial charge in [-0.2, -0.15) is 5.26 Å². The van der Waals surface area contributed by atoms with Gasteiger partial charge in [-0.3, -0.25) is 0 Å². The van der Waals surface area contributed by atoms with Crippen LogP contribution in [0.3, 0.4) is 0 Å². The summed E-state index contributed by atoms with van der Waals surface area (Å²) in [4.78, 5) is 0. The van der Waals surface area contributed by atoms with Crippen LogP contribution in [0, 0.1) is 23.2 Å². The van der Waals surface area contributed by atoms with Gasteiger partial charge in [0.15, 0.2) is 0 Å². The fourth-order valence-electron chi connectivity index (χ4n) is 2.87. The minimum absolute atomic E-state index is 0.404. The molecule has 0 amide bonds. The normalized spacial score (nSPS) is 27.0. The number of nitrogens with zero attached hydrogens (tertiary/aromatic N) is 1. The van der Waals surface area contributed by atoms with Crippen LogP contribution >= 0.6 is 11.6 Å². The van der Waals surface area contributed by atoms with Crippen LogP contribution in [-0.4, -0.2) is 5.54 Å². The van der Waals surface area contributed by atoms with E-state index in [9.17, 15) is 5.26 Å². The van der Waals surface area contributed by atoms with E-state index in [1.807, 2.05) is 24.3 Å². The number of rotatable bonds is 3. The summed E-state index contributed by atoms with van der Waals surface area (Å²) in [6.45, 7) is 4.55. The Balaban J connectivity index is 2.05. The second-order valence-electron chi connectivity index (χ2n) is 5.91. The predicted molar refractivity (Wildman–Crippen MR) is 80.2 cm³/mol. The Bertz CT molecular complexity index is 451. The Hall–Kier alpha value is -1.20.